The molecule has 2 rings (SSSR count). The van der Waals surface area contributed by atoms with Gasteiger partial charge in [-0.25, -0.2) is 0 Å². The Morgan fingerprint density at radius 1 is 1.05 bits per heavy atom. The molecule has 1 atom stereocenters. The largest absolute Gasteiger partial charge is 0.372 e. The van der Waals surface area contributed by atoms with Crippen LogP contribution in [0.1, 0.15) is 53.0 Å². The van der Waals surface area contributed by atoms with Crippen molar-refractivity contribution in [3.8, 4) is 0 Å². The van der Waals surface area contributed by atoms with E-state index in [1.807, 2.05) is 0 Å². The Morgan fingerprint density at radius 3 is 2.14 bits per heavy atom. The van der Waals surface area contributed by atoms with Gasteiger partial charge in [-0.15, -0.1) is 0 Å². The Hall–Kier alpha value is -1.31. The van der Waals surface area contributed by atoms with Gasteiger partial charge in [0.1, 0.15) is 5.84 Å². The first-order valence-corrected chi connectivity index (χ1v) is 8.12. The van der Waals surface area contributed by atoms with Crippen LogP contribution in [-0.4, -0.2) is 18.9 Å². The molecule has 1 aliphatic heterocycles. The summed E-state index contributed by atoms with van der Waals surface area (Å²) in [6.45, 7) is 16.0. The van der Waals surface area contributed by atoms with E-state index in [9.17, 15) is 0 Å². The van der Waals surface area contributed by atoms with Crippen molar-refractivity contribution in [3.05, 3.63) is 35.9 Å². The smallest absolute Gasteiger partial charge is 0.103 e. The van der Waals surface area contributed by atoms with Crippen LogP contribution in [-0.2, 0) is 0 Å². The van der Waals surface area contributed by atoms with E-state index in [0.29, 0.717) is 11.8 Å². The Morgan fingerprint density at radius 2 is 1.67 bits per heavy atom. The molecule has 0 spiro atoms. The maximum absolute atomic E-state index is 4.71. The van der Waals surface area contributed by atoms with Crippen molar-refractivity contribution in [2.45, 2.75) is 47.5 Å². The number of amidine groups is 1. The molecule has 1 heterocycles. The third-order valence-electron chi connectivity index (χ3n) is 5.48. The molecule has 0 saturated carbocycles. The lowest BCUT2D eigenvalue weighted by molar-refractivity contribution is 0.111. The molecule has 2 nitrogen and oxygen atoms in total. The molecule has 0 radical (unpaired) electrons. The van der Waals surface area contributed by atoms with Gasteiger partial charge in [0.15, 0.2) is 0 Å². The quantitative estimate of drug-likeness (QED) is 0.848. The van der Waals surface area contributed by atoms with Gasteiger partial charge in [-0.1, -0.05) is 71.9 Å². The van der Waals surface area contributed by atoms with Crippen molar-refractivity contribution < 1.29 is 0 Å². The first-order chi connectivity index (χ1) is 9.78. The molecule has 0 saturated heterocycles. The topological polar surface area (TPSA) is 24.4 Å². The van der Waals surface area contributed by atoms with E-state index in [1.165, 1.54) is 11.4 Å². The van der Waals surface area contributed by atoms with E-state index in [1.54, 1.807) is 0 Å². The zero-order valence-electron chi connectivity index (χ0n) is 14.4. The van der Waals surface area contributed by atoms with Gasteiger partial charge in [-0.3, -0.25) is 4.99 Å². The van der Waals surface area contributed by atoms with E-state index >= 15 is 0 Å². The highest BCUT2D eigenvalue weighted by Gasteiger charge is 2.48. The minimum Gasteiger partial charge on any atom is -0.372 e. The minimum atomic E-state index is 0.0221. The van der Waals surface area contributed by atoms with Gasteiger partial charge in [0.05, 0.1) is 6.54 Å². The van der Waals surface area contributed by atoms with Gasteiger partial charge in [-0.2, -0.15) is 0 Å². The van der Waals surface area contributed by atoms with Gasteiger partial charge >= 0.3 is 0 Å². The summed E-state index contributed by atoms with van der Waals surface area (Å²) in [5, 5.41) is 3.50. The maximum atomic E-state index is 4.71. The zero-order valence-corrected chi connectivity index (χ0v) is 14.4. The van der Waals surface area contributed by atoms with Crippen LogP contribution in [0.4, 0.5) is 0 Å². The Kier molecular flexibility index (Phi) is 4.46. The predicted octanol–water partition coefficient (Wildman–Crippen LogP) is 4.48. The van der Waals surface area contributed by atoms with Gasteiger partial charge < -0.3 is 5.32 Å². The van der Waals surface area contributed by atoms with Crippen LogP contribution in [0.15, 0.2) is 35.3 Å². The summed E-state index contributed by atoms with van der Waals surface area (Å²) in [5.74, 6) is 2.26. The third kappa shape index (κ3) is 2.86. The van der Waals surface area contributed by atoms with Gasteiger partial charge in [-0.05, 0) is 22.8 Å². The van der Waals surface area contributed by atoms with Gasteiger partial charge in [0.2, 0.25) is 0 Å². The normalized spacial score (nSPS) is 17.6. The first-order valence-electron chi connectivity index (χ1n) is 8.12. The number of benzene rings is 1. The fraction of sp³-hybridized carbons (Fsp3) is 0.632. The number of nitrogens with one attached hydrogen (secondary N) is 1. The molecule has 1 aromatic carbocycles. The van der Waals surface area contributed by atoms with Crippen LogP contribution in [0.2, 0.25) is 0 Å². The standard InChI is InChI=1S/C19H30N2/c1-14(2)16(15-10-8-7-9-11-15)18(3,4)19(5,6)17-20-12-13-21-17/h7-11,14,16H,12-13H2,1-6H3,(H,20,21). The molecular formula is C19H30N2. The van der Waals surface area contributed by atoms with Crippen LogP contribution in [0, 0.1) is 16.7 Å². The average Bonchev–Trinajstić information content (AvgIpc) is 2.93. The van der Waals surface area contributed by atoms with Crippen LogP contribution in [0.5, 0.6) is 0 Å². The molecule has 2 heteroatoms. The Balaban J connectivity index is 2.43. The summed E-state index contributed by atoms with van der Waals surface area (Å²) < 4.78 is 0. The zero-order chi connectivity index (χ0) is 15.7. The minimum absolute atomic E-state index is 0.0221. The lowest BCUT2D eigenvalue weighted by Gasteiger charge is -2.49. The second-order valence-corrected chi connectivity index (χ2v) is 7.64. The molecule has 0 aromatic heterocycles. The monoisotopic (exact) mass is 286 g/mol. The molecule has 1 N–H and O–H groups in total. The first kappa shape index (κ1) is 16.1. The number of rotatable bonds is 5. The number of hydrogen-bond donors (Lipinski definition) is 1. The lowest BCUT2D eigenvalue weighted by atomic mass is 9.56. The Bertz CT molecular complexity index is 498. The molecule has 1 aliphatic rings. The van der Waals surface area contributed by atoms with Crippen LogP contribution >= 0.6 is 0 Å². The van der Waals surface area contributed by atoms with Crippen LogP contribution in [0.3, 0.4) is 0 Å². The molecule has 1 aromatic rings. The summed E-state index contributed by atoms with van der Waals surface area (Å²) in [6.07, 6.45) is 0. The van der Waals surface area contributed by atoms with E-state index in [0.717, 1.165) is 13.1 Å². The highest BCUT2D eigenvalue weighted by molar-refractivity contribution is 5.89. The fourth-order valence-corrected chi connectivity index (χ4v) is 3.81. The van der Waals surface area contributed by atoms with Gasteiger partial charge in [0.25, 0.3) is 0 Å². The average molecular weight is 286 g/mol. The molecular weight excluding hydrogens is 256 g/mol. The molecule has 116 valence electrons. The number of hydrogen-bond acceptors (Lipinski definition) is 2. The highest BCUT2D eigenvalue weighted by Crippen LogP contribution is 2.52. The lowest BCUT2D eigenvalue weighted by Crippen LogP contribution is -2.48. The molecule has 21 heavy (non-hydrogen) atoms. The second kappa shape index (κ2) is 5.82. The van der Waals surface area contributed by atoms with E-state index in [-0.39, 0.29) is 10.8 Å². The summed E-state index contributed by atoms with van der Waals surface area (Å²) >= 11 is 0. The summed E-state index contributed by atoms with van der Waals surface area (Å²) in [7, 11) is 0. The summed E-state index contributed by atoms with van der Waals surface area (Å²) in [5.41, 5.74) is 1.57. The van der Waals surface area contributed by atoms with Crippen LogP contribution in [0.25, 0.3) is 0 Å². The Labute approximate surface area is 130 Å². The van der Waals surface area contributed by atoms with Gasteiger partial charge in [0, 0.05) is 12.0 Å². The summed E-state index contributed by atoms with van der Waals surface area (Å²) in [6, 6.07) is 10.9. The predicted molar refractivity (Wildman–Crippen MR) is 91.9 cm³/mol. The SMILES string of the molecule is CC(C)C(c1ccccc1)C(C)(C)C(C)(C)C1=NCCN1. The van der Waals surface area contributed by atoms with Crippen molar-refractivity contribution in [2.24, 2.45) is 21.7 Å². The molecule has 1 unspecified atom stereocenters. The van der Waals surface area contributed by atoms with Crippen LogP contribution < -0.4 is 5.32 Å². The fourth-order valence-electron chi connectivity index (χ4n) is 3.81. The highest BCUT2D eigenvalue weighted by atomic mass is 15.1. The maximum Gasteiger partial charge on any atom is 0.103 e. The summed E-state index contributed by atoms with van der Waals surface area (Å²) in [4.78, 5) is 4.71. The number of nitrogens with zero attached hydrogens (tertiary/aromatic N) is 1. The molecule has 0 fully saturated rings. The second-order valence-electron chi connectivity index (χ2n) is 7.64. The van der Waals surface area contributed by atoms with E-state index in [4.69, 9.17) is 4.99 Å². The third-order valence-corrected chi connectivity index (χ3v) is 5.48. The van der Waals surface area contributed by atoms with E-state index in [2.05, 4.69) is 77.2 Å². The molecule has 0 aliphatic carbocycles. The molecule has 0 amide bonds. The van der Waals surface area contributed by atoms with Crippen molar-refractivity contribution in [3.63, 3.8) is 0 Å². The molecule has 0 bridgehead atoms. The van der Waals surface area contributed by atoms with Crippen molar-refractivity contribution in [2.75, 3.05) is 13.1 Å². The number of aliphatic imine (C=N–C) groups is 1. The van der Waals surface area contributed by atoms with Crippen molar-refractivity contribution in [1.29, 1.82) is 0 Å². The van der Waals surface area contributed by atoms with Crippen molar-refractivity contribution in [1.82, 2.24) is 5.32 Å². The van der Waals surface area contributed by atoms with Crippen molar-refractivity contribution >= 4 is 5.84 Å². The van der Waals surface area contributed by atoms with E-state index < -0.39 is 0 Å².